The Kier molecular flexibility index (Phi) is 4.99. The molecule has 0 aliphatic heterocycles. The van der Waals surface area contributed by atoms with E-state index in [1.807, 2.05) is 13.8 Å². The lowest BCUT2D eigenvalue weighted by Gasteiger charge is -2.14. The molecule has 0 radical (unpaired) electrons. The smallest absolute Gasteiger partial charge is 0.159 e. The van der Waals surface area contributed by atoms with E-state index in [1.165, 1.54) is 0 Å². The minimum Gasteiger partial charge on any atom is -0.488 e. The molecule has 88 valence electrons. The Bertz CT molecular complexity index is 330. The number of carbonyl (C=O) groups is 1. The molecule has 0 saturated heterocycles. The highest BCUT2D eigenvalue weighted by atomic mass is 16.5. The maximum Gasteiger partial charge on any atom is 0.159 e. The molecule has 0 fully saturated rings. The first kappa shape index (κ1) is 12.7. The predicted octanol–water partition coefficient (Wildman–Crippen LogP) is 2.69. The lowest BCUT2D eigenvalue weighted by atomic mass is 10.1. The highest BCUT2D eigenvalue weighted by Gasteiger charge is 2.04. The van der Waals surface area contributed by atoms with Gasteiger partial charge in [0.1, 0.15) is 11.9 Å². The van der Waals surface area contributed by atoms with E-state index in [0.29, 0.717) is 18.8 Å². The highest BCUT2D eigenvalue weighted by Crippen LogP contribution is 2.14. The van der Waals surface area contributed by atoms with E-state index in [2.05, 4.69) is 0 Å². The van der Waals surface area contributed by atoms with Crippen LogP contribution in [0.25, 0.3) is 0 Å². The summed E-state index contributed by atoms with van der Waals surface area (Å²) in [7, 11) is 0. The first-order chi connectivity index (χ1) is 7.63. The number of carbonyl (C=O) groups excluding carboxylic acids is 1. The van der Waals surface area contributed by atoms with Crippen molar-refractivity contribution in [3.8, 4) is 5.75 Å². The molecule has 0 spiro atoms. The largest absolute Gasteiger partial charge is 0.488 e. The molecule has 0 aliphatic rings. The average molecular weight is 222 g/mol. The first-order valence-electron chi connectivity index (χ1n) is 5.49. The van der Waals surface area contributed by atoms with Crippen LogP contribution in [-0.4, -0.2) is 25.1 Å². The normalized spacial score (nSPS) is 12.2. The molecule has 0 N–H and O–H groups in total. The first-order valence-corrected chi connectivity index (χ1v) is 5.49. The molecule has 1 unspecified atom stereocenters. The van der Waals surface area contributed by atoms with Gasteiger partial charge in [0.25, 0.3) is 0 Å². The molecule has 0 amide bonds. The second-order valence-corrected chi connectivity index (χ2v) is 3.67. The van der Waals surface area contributed by atoms with Gasteiger partial charge in [-0.25, -0.2) is 0 Å². The number of benzene rings is 1. The third-order valence-electron chi connectivity index (χ3n) is 2.15. The van der Waals surface area contributed by atoms with Gasteiger partial charge in [0.05, 0.1) is 6.61 Å². The third-order valence-corrected chi connectivity index (χ3v) is 2.15. The van der Waals surface area contributed by atoms with Crippen molar-refractivity contribution in [1.29, 1.82) is 0 Å². The number of ether oxygens (including phenoxy) is 2. The van der Waals surface area contributed by atoms with Crippen LogP contribution in [0.1, 0.15) is 31.1 Å². The Morgan fingerprint density at radius 2 is 1.94 bits per heavy atom. The van der Waals surface area contributed by atoms with E-state index in [-0.39, 0.29) is 11.9 Å². The molecule has 1 atom stereocenters. The number of hydrogen-bond acceptors (Lipinski definition) is 3. The summed E-state index contributed by atoms with van der Waals surface area (Å²) >= 11 is 0. The fraction of sp³-hybridized carbons (Fsp3) is 0.462. The van der Waals surface area contributed by atoms with Gasteiger partial charge in [0.15, 0.2) is 5.78 Å². The Labute approximate surface area is 96.4 Å². The summed E-state index contributed by atoms with van der Waals surface area (Å²) in [5.74, 6) is 0.825. The monoisotopic (exact) mass is 222 g/mol. The summed E-state index contributed by atoms with van der Waals surface area (Å²) in [6.45, 7) is 6.72. The van der Waals surface area contributed by atoms with Gasteiger partial charge in [-0.2, -0.15) is 0 Å². The summed E-state index contributed by atoms with van der Waals surface area (Å²) in [6.07, 6.45) is 0.0168. The van der Waals surface area contributed by atoms with Crippen LogP contribution in [-0.2, 0) is 4.74 Å². The van der Waals surface area contributed by atoms with E-state index >= 15 is 0 Å². The maximum absolute atomic E-state index is 11.1. The van der Waals surface area contributed by atoms with Gasteiger partial charge in [0, 0.05) is 12.2 Å². The van der Waals surface area contributed by atoms with Crippen molar-refractivity contribution in [2.75, 3.05) is 13.2 Å². The van der Waals surface area contributed by atoms with Crippen LogP contribution in [0.5, 0.6) is 5.75 Å². The SMILES string of the molecule is CCOCC(C)Oc1ccc(C(C)=O)cc1. The Morgan fingerprint density at radius 1 is 1.31 bits per heavy atom. The highest BCUT2D eigenvalue weighted by molar-refractivity contribution is 5.94. The molecule has 0 heterocycles. The van der Waals surface area contributed by atoms with Gasteiger partial charge >= 0.3 is 0 Å². The molecule has 0 saturated carbocycles. The van der Waals surface area contributed by atoms with Gasteiger partial charge in [0.2, 0.25) is 0 Å². The van der Waals surface area contributed by atoms with Gasteiger partial charge in [-0.05, 0) is 45.0 Å². The summed E-state index contributed by atoms with van der Waals surface area (Å²) in [5.41, 5.74) is 0.699. The molecule has 0 bridgehead atoms. The zero-order valence-corrected chi connectivity index (χ0v) is 10.0. The summed E-state index contributed by atoms with van der Waals surface area (Å²) in [4.78, 5) is 11.1. The van der Waals surface area contributed by atoms with E-state index in [0.717, 1.165) is 5.75 Å². The number of ketones is 1. The summed E-state index contributed by atoms with van der Waals surface area (Å²) < 4.78 is 10.9. The van der Waals surface area contributed by atoms with Crippen LogP contribution in [0.2, 0.25) is 0 Å². The maximum atomic E-state index is 11.1. The Hall–Kier alpha value is -1.35. The van der Waals surface area contributed by atoms with Crippen LogP contribution in [0.4, 0.5) is 0 Å². The van der Waals surface area contributed by atoms with Crippen molar-refractivity contribution in [1.82, 2.24) is 0 Å². The van der Waals surface area contributed by atoms with E-state index in [1.54, 1.807) is 31.2 Å². The molecule has 3 heteroatoms. The number of rotatable bonds is 6. The van der Waals surface area contributed by atoms with Crippen molar-refractivity contribution in [3.63, 3.8) is 0 Å². The minimum atomic E-state index is 0.0168. The van der Waals surface area contributed by atoms with E-state index < -0.39 is 0 Å². The van der Waals surface area contributed by atoms with Crippen molar-refractivity contribution in [2.24, 2.45) is 0 Å². The van der Waals surface area contributed by atoms with Crippen LogP contribution < -0.4 is 4.74 Å². The van der Waals surface area contributed by atoms with Crippen LogP contribution in [0.3, 0.4) is 0 Å². The average Bonchev–Trinajstić information content (AvgIpc) is 2.27. The van der Waals surface area contributed by atoms with E-state index in [4.69, 9.17) is 9.47 Å². The number of hydrogen-bond donors (Lipinski definition) is 0. The predicted molar refractivity (Wildman–Crippen MR) is 63.0 cm³/mol. The Morgan fingerprint density at radius 3 is 2.44 bits per heavy atom. The topological polar surface area (TPSA) is 35.5 Å². The van der Waals surface area contributed by atoms with Crippen LogP contribution in [0.15, 0.2) is 24.3 Å². The van der Waals surface area contributed by atoms with Gasteiger partial charge < -0.3 is 9.47 Å². The lowest BCUT2D eigenvalue weighted by molar-refractivity contribution is 0.0657. The molecule has 1 rings (SSSR count). The molecule has 0 aliphatic carbocycles. The summed E-state index contributed by atoms with van der Waals surface area (Å²) in [5, 5.41) is 0. The van der Waals surface area contributed by atoms with Crippen LogP contribution in [0, 0.1) is 0 Å². The Balaban J connectivity index is 2.51. The molecule has 3 nitrogen and oxygen atoms in total. The fourth-order valence-corrected chi connectivity index (χ4v) is 1.32. The molecule has 1 aromatic carbocycles. The van der Waals surface area contributed by atoms with Crippen molar-refractivity contribution in [3.05, 3.63) is 29.8 Å². The fourth-order valence-electron chi connectivity index (χ4n) is 1.32. The zero-order valence-electron chi connectivity index (χ0n) is 10.0. The quantitative estimate of drug-likeness (QED) is 0.694. The molecular formula is C13H18O3. The standard InChI is InChI=1S/C13H18O3/c1-4-15-9-10(2)16-13-7-5-12(6-8-13)11(3)14/h5-8,10H,4,9H2,1-3H3. The zero-order chi connectivity index (χ0) is 12.0. The molecule has 16 heavy (non-hydrogen) atoms. The van der Waals surface area contributed by atoms with E-state index in [9.17, 15) is 4.79 Å². The van der Waals surface area contributed by atoms with Crippen molar-refractivity contribution in [2.45, 2.75) is 26.9 Å². The summed E-state index contributed by atoms with van der Waals surface area (Å²) in [6, 6.07) is 7.15. The second kappa shape index (κ2) is 6.28. The molecule has 1 aromatic rings. The molecule has 0 aromatic heterocycles. The minimum absolute atomic E-state index is 0.0168. The van der Waals surface area contributed by atoms with Gasteiger partial charge in [-0.1, -0.05) is 0 Å². The lowest BCUT2D eigenvalue weighted by Crippen LogP contribution is -2.19. The van der Waals surface area contributed by atoms with Gasteiger partial charge in [-0.3, -0.25) is 4.79 Å². The second-order valence-electron chi connectivity index (χ2n) is 3.67. The molecular weight excluding hydrogens is 204 g/mol. The van der Waals surface area contributed by atoms with Crippen molar-refractivity contribution >= 4 is 5.78 Å². The number of Topliss-reactive ketones (excluding diaryl/α,β-unsaturated/α-hetero) is 1. The van der Waals surface area contributed by atoms with Gasteiger partial charge in [-0.15, -0.1) is 0 Å². The van der Waals surface area contributed by atoms with Crippen molar-refractivity contribution < 1.29 is 14.3 Å². The van der Waals surface area contributed by atoms with Crippen LogP contribution >= 0.6 is 0 Å². The third kappa shape index (κ3) is 4.03.